The van der Waals surface area contributed by atoms with E-state index in [1.165, 1.54) is 0 Å². The van der Waals surface area contributed by atoms with E-state index in [9.17, 15) is 39.5 Å². The number of alkyl halides is 9. The van der Waals surface area contributed by atoms with Gasteiger partial charge in [0.1, 0.15) is 6.61 Å². The van der Waals surface area contributed by atoms with Gasteiger partial charge in [-0.1, -0.05) is 0 Å². The summed E-state index contributed by atoms with van der Waals surface area (Å²) in [6, 6.07) is 0. The predicted octanol–water partition coefficient (Wildman–Crippen LogP) is 2.38. The first-order valence-corrected chi connectivity index (χ1v) is 3.28. The first kappa shape index (κ1) is 15.3. The van der Waals surface area contributed by atoms with E-state index >= 15 is 0 Å². The van der Waals surface area contributed by atoms with Gasteiger partial charge in [-0.3, -0.25) is 4.74 Å². The predicted molar refractivity (Wildman–Crippen MR) is 29.1 cm³/mol. The topological polar surface area (TPSA) is 29.5 Å². The van der Waals surface area contributed by atoms with Crippen LogP contribution in [0.25, 0.3) is 0 Å². The zero-order valence-electron chi connectivity index (χ0n) is 6.96. The Labute approximate surface area is 81.6 Å². The van der Waals surface area contributed by atoms with Crippen molar-refractivity contribution < 1.29 is 49.4 Å². The molecular weight excluding hydrogens is 263 g/mol. The van der Waals surface area contributed by atoms with Crippen molar-refractivity contribution in [3.8, 4) is 0 Å². The molecule has 16 heavy (non-hydrogen) atoms. The van der Waals surface area contributed by atoms with Crippen molar-refractivity contribution in [2.45, 2.75) is 24.3 Å². The average Bonchev–Trinajstić information content (AvgIpc) is 1.99. The van der Waals surface area contributed by atoms with Crippen molar-refractivity contribution in [3.63, 3.8) is 0 Å². The van der Waals surface area contributed by atoms with Crippen molar-refractivity contribution in [2.75, 3.05) is 6.61 Å². The Morgan fingerprint density at radius 1 is 0.750 bits per heavy atom. The quantitative estimate of drug-likeness (QED) is 0.795. The van der Waals surface area contributed by atoms with Gasteiger partial charge in [0.05, 0.1) is 0 Å². The van der Waals surface area contributed by atoms with Gasteiger partial charge in [0.25, 0.3) is 0 Å². The highest BCUT2D eigenvalue weighted by molar-refractivity contribution is 4.80. The van der Waals surface area contributed by atoms with Crippen molar-refractivity contribution >= 4 is 0 Å². The maximum absolute atomic E-state index is 12.5. The molecule has 1 unspecified atom stereocenters. The molecular formula is C5H3F9O2. The van der Waals surface area contributed by atoms with E-state index in [4.69, 9.17) is 5.11 Å². The molecule has 0 bridgehead atoms. The van der Waals surface area contributed by atoms with Gasteiger partial charge in [-0.2, -0.15) is 39.5 Å². The lowest BCUT2D eigenvalue weighted by atomic mass is 10.3. The fraction of sp³-hybridized carbons (Fsp3) is 1.00. The highest BCUT2D eigenvalue weighted by atomic mass is 19.4. The summed E-state index contributed by atoms with van der Waals surface area (Å²) in [5.74, 6) is -5.49. The molecule has 0 fully saturated rings. The highest BCUT2D eigenvalue weighted by Crippen LogP contribution is 2.44. The fourth-order valence-corrected chi connectivity index (χ4v) is 0.441. The molecule has 11 heteroatoms. The van der Waals surface area contributed by atoms with Crippen LogP contribution in [0, 0.1) is 0 Å². The molecule has 0 heterocycles. The number of hydrogen-bond acceptors (Lipinski definition) is 2. The first-order valence-electron chi connectivity index (χ1n) is 3.28. The number of aliphatic hydroxyl groups is 1. The monoisotopic (exact) mass is 266 g/mol. The van der Waals surface area contributed by atoms with Crippen LogP contribution in [0.2, 0.25) is 0 Å². The van der Waals surface area contributed by atoms with Gasteiger partial charge in [0.2, 0.25) is 0 Å². The summed E-state index contributed by atoms with van der Waals surface area (Å²) in [4.78, 5) is 0. The summed E-state index contributed by atoms with van der Waals surface area (Å²) in [6.45, 7) is -2.73. The second-order valence-electron chi connectivity index (χ2n) is 2.50. The minimum absolute atomic E-state index is 2.00. The Kier molecular flexibility index (Phi) is 3.77. The van der Waals surface area contributed by atoms with Crippen LogP contribution in [0.3, 0.4) is 0 Å². The summed E-state index contributed by atoms with van der Waals surface area (Å²) in [7, 11) is 0. The molecule has 0 spiro atoms. The third-order valence-electron chi connectivity index (χ3n) is 1.25. The van der Waals surface area contributed by atoms with Crippen LogP contribution in [0.1, 0.15) is 0 Å². The molecule has 1 atom stereocenters. The molecule has 0 radical (unpaired) electrons. The van der Waals surface area contributed by atoms with Crippen molar-refractivity contribution in [1.29, 1.82) is 0 Å². The molecule has 0 aromatic rings. The van der Waals surface area contributed by atoms with Gasteiger partial charge >= 0.3 is 24.3 Å². The summed E-state index contributed by atoms with van der Waals surface area (Å²) in [5.41, 5.74) is 0. The van der Waals surface area contributed by atoms with Crippen LogP contribution >= 0.6 is 0 Å². The van der Waals surface area contributed by atoms with E-state index < -0.39 is 30.9 Å². The average molecular weight is 266 g/mol. The third kappa shape index (κ3) is 2.90. The third-order valence-corrected chi connectivity index (χ3v) is 1.25. The lowest BCUT2D eigenvalue weighted by Crippen LogP contribution is -2.54. The molecule has 0 aromatic heterocycles. The number of hydrogen-bond donors (Lipinski definition) is 1. The minimum Gasteiger partial charge on any atom is -0.390 e. The Morgan fingerprint density at radius 3 is 1.31 bits per heavy atom. The van der Waals surface area contributed by atoms with E-state index in [2.05, 4.69) is 0 Å². The lowest BCUT2D eigenvalue weighted by molar-refractivity contribution is -0.474. The van der Waals surface area contributed by atoms with Crippen LogP contribution in [0.4, 0.5) is 39.5 Å². The summed E-state index contributed by atoms with van der Waals surface area (Å²) in [6.07, 6.45) is -19.2. The maximum Gasteiger partial charge on any atom is 0.483 e. The standard InChI is InChI=1S/C5H3F9O2/c6-2(1-15,3(7,8)9)16-5(13,14)4(10,11)12/h15H,1H2. The molecule has 0 saturated heterocycles. The summed E-state index contributed by atoms with van der Waals surface area (Å²) in [5, 5.41) is 7.83. The minimum atomic E-state index is -6.54. The Hall–Kier alpha value is -0.710. The molecule has 1 N–H and O–H groups in total. The molecule has 0 saturated carbocycles. The number of ether oxygens (including phenoxy) is 1. The van der Waals surface area contributed by atoms with E-state index in [-0.39, 0.29) is 0 Å². The Morgan fingerprint density at radius 2 is 1.12 bits per heavy atom. The summed E-state index contributed by atoms with van der Waals surface area (Å²) < 4.78 is 108. The molecule has 0 rings (SSSR count). The van der Waals surface area contributed by atoms with Gasteiger partial charge in [-0.15, -0.1) is 0 Å². The van der Waals surface area contributed by atoms with Crippen LogP contribution in [0.5, 0.6) is 0 Å². The second-order valence-corrected chi connectivity index (χ2v) is 2.50. The van der Waals surface area contributed by atoms with Crippen LogP contribution in [-0.2, 0) is 4.74 Å². The second kappa shape index (κ2) is 3.95. The molecule has 0 aliphatic rings. The van der Waals surface area contributed by atoms with Gasteiger partial charge in [0.15, 0.2) is 0 Å². The molecule has 0 aromatic carbocycles. The zero-order chi connectivity index (χ0) is 13.4. The van der Waals surface area contributed by atoms with E-state index in [0.29, 0.717) is 0 Å². The van der Waals surface area contributed by atoms with E-state index in [1.807, 2.05) is 4.74 Å². The number of halogens is 9. The smallest absolute Gasteiger partial charge is 0.390 e. The molecule has 0 aliphatic carbocycles. The fourth-order valence-electron chi connectivity index (χ4n) is 0.441. The van der Waals surface area contributed by atoms with Crippen molar-refractivity contribution in [2.24, 2.45) is 0 Å². The van der Waals surface area contributed by atoms with Gasteiger partial charge in [-0.05, 0) is 0 Å². The number of aliphatic hydroxyl groups excluding tert-OH is 1. The largest absolute Gasteiger partial charge is 0.483 e. The van der Waals surface area contributed by atoms with Crippen LogP contribution in [-0.4, -0.2) is 36.0 Å². The zero-order valence-corrected chi connectivity index (χ0v) is 6.96. The normalized spacial score (nSPS) is 18.4. The van der Waals surface area contributed by atoms with Crippen molar-refractivity contribution in [3.05, 3.63) is 0 Å². The van der Waals surface area contributed by atoms with Gasteiger partial charge < -0.3 is 5.11 Å². The van der Waals surface area contributed by atoms with E-state index in [0.717, 1.165) is 0 Å². The summed E-state index contributed by atoms with van der Waals surface area (Å²) >= 11 is 0. The van der Waals surface area contributed by atoms with E-state index in [1.54, 1.807) is 0 Å². The molecule has 0 aliphatic heterocycles. The van der Waals surface area contributed by atoms with Crippen LogP contribution in [0.15, 0.2) is 0 Å². The SMILES string of the molecule is OCC(F)(OC(F)(F)C(F)(F)F)C(F)(F)F. The highest BCUT2D eigenvalue weighted by Gasteiger charge is 2.69. The Bertz CT molecular complexity index is 243. The lowest BCUT2D eigenvalue weighted by Gasteiger charge is -2.30. The molecule has 0 amide bonds. The van der Waals surface area contributed by atoms with Gasteiger partial charge in [0, 0.05) is 0 Å². The number of rotatable bonds is 3. The van der Waals surface area contributed by atoms with Crippen LogP contribution < -0.4 is 0 Å². The molecule has 2 nitrogen and oxygen atoms in total. The van der Waals surface area contributed by atoms with Gasteiger partial charge in [-0.25, -0.2) is 0 Å². The molecule has 98 valence electrons. The Balaban J connectivity index is 5.08. The van der Waals surface area contributed by atoms with Crippen molar-refractivity contribution in [1.82, 2.24) is 0 Å². The first-order chi connectivity index (χ1) is 6.77. The maximum atomic E-state index is 12.5.